The number of nitrogens with zero attached hydrogens (tertiary/aromatic N) is 1. The molecule has 0 bridgehead atoms. The fourth-order valence-corrected chi connectivity index (χ4v) is 5.28. The second kappa shape index (κ2) is 9.17. The maximum atomic E-state index is 12.5. The number of morpholine rings is 1. The van der Waals surface area contributed by atoms with E-state index in [1.165, 1.54) is 4.88 Å². The molecule has 0 saturated carbocycles. The van der Waals surface area contributed by atoms with Crippen LogP contribution in [-0.4, -0.2) is 55.2 Å². The fraction of sp³-hybridized carbons (Fsp3) is 0.700. The second-order valence-electron chi connectivity index (χ2n) is 7.45. The molecule has 3 rings (SSSR count). The van der Waals surface area contributed by atoms with Crippen LogP contribution in [0.1, 0.15) is 60.8 Å². The Hall–Kier alpha value is -1.44. The van der Waals surface area contributed by atoms with Gasteiger partial charge in [-0.25, -0.2) is 4.79 Å². The Morgan fingerprint density at radius 3 is 2.63 bits per heavy atom. The zero-order valence-corrected chi connectivity index (χ0v) is 17.3. The molecule has 0 aromatic carbocycles. The first kappa shape index (κ1) is 20.3. The smallest absolute Gasteiger partial charge is 0.341 e. The Labute approximate surface area is 165 Å². The van der Waals surface area contributed by atoms with Gasteiger partial charge in [0, 0.05) is 30.9 Å². The highest BCUT2D eigenvalue weighted by Gasteiger charge is 2.27. The average Bonchev–Trinajstić information content (AvgIpc) is 2.97. The third-order valence-electron chi connectivity index (χ3n) is 5.05. The molecule has 1 aliphatic carbocycles. The number of aryl methyl sites for hydroxylation is 1. The molecule has 1 amide bonds. The lowest BCUT2D eigenvalue weighted by atomic mass is 9.95. The van der Waals surface area contributed by atoms with E-state index in [0.717, 1.165) is 44.3 Å². The summed E-state index contributed by atoms with van der Waals surface area (Å²) in [6, 6.07) is 0. The molecule has 6 nitrogen and oxygen atoms in total. The molecule has 0 unspecified atom stereocenters. The summed E-state index contributed by atoms with van der Waals surface area (Å²) in [7, 11) is 0. The summed E-state index contributed by atoms with van der Waals surface area (Å²) in [5.41, 5.74) is 1.66. The van der Waals surface area contributed by atoms with Crippen molar-refractivity contribution in [3.05, 3.63) is 16.0 Å². The van der Waals surface area contributed by atoms with Gasteiger partial charge in [0.05, 0.1) is 24.4 Å². The van der Waals surface area contributed by atoms with Gasteiger partial charge < -0.3 is 14.8 Å². The molecule has 1 aliphatic heterocycles. The number of ether oxygens (including phenoxy) is 2. The molecule has 1 aromatic heterocycles. The zero-order chi connectivity index (χ0) is 19.4. The predicted octanol–water partition coefficient (Wildman–Crippen LogP) is 3.24. The monoisotopic (exact) mass is 394 g/mol. The van der Waals surface area contributed by atoms with Crippen LogP contribution in [0.25, 0.3) is 0 Å². The van der Waals surface area contributed by atoms with Crippen molar-refractivity contribution in [3.8, 4) is 0 Å². The molecule has 0 spiro atoms. The first-order valence-electron chi connectivity index (χ1n) is 9.97. The average molecular weight is 395 g/mol. The topological polar surface area (TPSA) is 67.9 Å². The third-order valence-corrected chi connectivity index (χ3v) is 6.26. The molecular weight excluding hydrogens is 364 g/mol. The molecule has 2 atom stereocenters. The summed E-state index contributed by atoms with van der Waals surface area (Å²) in [5, 5.41) is 3.65. The van der Waals surface area contributed by atoms with E-state index in [4.69, 9.17) is 9.47 Å². The Bertz CT molecular complexity index is 678. The summed E-state index contributed by atoms with van der Waals surface area (Å²) >= 11 is 1.54. The van der Waals surface area contributed by atoms with Gasteiger partial charge in [0.1, 0.15) is 5.00 Å². The van der Waals surface area contributed by atoms with Gasteiger partial charge in [0.15, 0.2) is 0 Å². The Balaban J connectivity index is 1.65. The number of esters is 1. The molecule has 150 valence electrons. The number of carbonyl (C=O) groups is 2. The Morgan fingerprint density at radius 1 is 1.22 bits per heavy atom. The molecule has 2 heterocycles. The van der Waals surface area contributed by atoms with Crippen LogP contribution in [0.3, 0.4) is 0 Å². The van der Waals surface area contributed by atoms with Gasteiger partial charge in [-0.15, -0.1) is 11.3 Å². The first-order chi connectivity index (χ1) is 13.0. The van der Waals surface area contributed by atoms with Crippen LogP contribution in [0.4, 0.5) is 5.00 Å². The third kappa shape index (κ3) is 5.09. The van der Waals surface area contributed by atoms with Crippen molar-refractivity contribution in [2.24, 2.45) is 0 Å². The van der Waals surface area contributed by atoms with E-state index in [-0.39, 0.29) is 24.1 Å². The van der Waals surface area contributed by atoms with Gasteiger partial charge >= 0.3 is 5.97 Å². The van der Waals surface area contributed by atoms with E-state index in [2.05, 4.69) is 24.1 Å². The van der Waals surface area contributed by atoms with E-state index >= 15 is 0 Å². The lowest BCUT2D eigenvalue weighted by Crippen LogP contribution is -2.46. The number of thiophene rings is 1. The number of hydrogen-bond donors (Lipinski definition) is 1. The minimum atomic E-state index is -0.317. The lowest BCUT2D eigenvalue weighted by molar-refractivity contribution is -0.117. The molecule has 7 heteroatoms. The molecule has 1 fully saturated rings. The summed E-state index contributed by atoms with van der Waals surface area (Å²) in [5.74, 6) is -0.367. The van der Waals surface area contributed by atoms with Crippen LogP contribution in [-0.2, 0) is 27.1 Å². The van der Waals surface area contributed by atoms with Crippen molar-refractivity contribution in [1.82, 2.24) is 4.90 Å². The van der Waals surface area contributed by atoms with Crippen molar-refractivity contribution in [3.63, 3.8) is 0 Å². The molecule has 27 heavy (non-hydrogen) atoms. The number of anilines is 1. The predicted molar refractivity (Wildman–Crippen MR) is 107 cm³/mol. The van der Waals surface area contributed by atoms with Crippen LogP contribution < -0.4 is 5.32 Å². The number of nitrogens with one attached hydrogen (secondary N) is 1. The minimum Gasteiger partial charge on any atom is -0.462 e. The van der Waals surface area contributed by atoms with Gasteiger partial charge in [-0.3, -0.25) is 9.69 Å². The zero-order valence-electron chi connectivity index (χ0n) is 16.5. The summed E-state index contributed by atoms with van der Waals surface area (Å²) in [6.07, 6.45) is 4.87. The highest BCUT2D eigenvalue weighted by atomic mass is 32.1. The van der Waals surface area contributed by atoms with Gasteiger partial charge in [0.2, 0.25) is 5.91 Å². The highest BCUT2D eigenvalue weighted by molar-refractivity contribution is 7.17. The second-order valence-corrected chi connectivity index (χ2v) is 8.56. The van der Waals surface area contributed by atoms with Crippen molar-refractivity contribution < 1.29 is 19.1 Å². The van der Waals surface area contributed by atoms with Gasteiger partial charge in [-0.2, -0.15) is 0 Å². The van der Waals surface area contributed by atoms with Crippen molar-refractivity contribution >= 4 is 28.2 Å². The number of hydrogen-bond acceptors (Lipinski definition) is 6. The van der Waals surface area contributed by atoms with E-state index in [0.29, 0.717) is 30.1 Å². The fourth-order valence-electron chi connectivity index (χ4n) is 3.99. The minimum absolute atomic E-state index is 0.0501. The quantitative estimate of drug-likeness (QED) is 0.750. The number of rotatable bonds is 6. The van der Waals surface area contributed by atoms with Crippen LogP contribution in [0, 0.1) is 0 Å². The lowest BCUT2D eigenvalue weighted by Gasteiger charge is -2.35. The van der Waals surface area contributed by atoms with Crippen LogP contribution in [0.15, 0.2) is 0 Å². The Morgan fingerprint density at radius 2 is 1.93 bits per heavy atom. The van der Waals surface area contributed by atoms with E-state index in [1.807, 2.05) is 0 Å². The molecular formula is C20H30N2O4S. The molecule has 1 N–H and O–H groups in total. The number of amides is 1. The molecule has 1 aromatic rings. The van der Waals surface area contributed by atoms with Gasteiger partial charge in [0.25, 0.3) is 0 Å². The largest absolute Gasteiger partial charge is 0.462 e. The Kier molecular flexibility index (Phi) is 6.89. The normalized spacial score (nSPS) is 22.9. The summed E-state index contributed by atoms with van der Waals surface area (Å²) < 4.78 is 11.0. The number of fused-ring (bicyclic) bond motifs is 1. The van der Waals surface area contributed by atoms with Crippen LogP contribution >= 0.6 is 11.3 Å². The standard InChI is InChI=1S/C20H30N2O4S/c1-4-25-20(24)18-15-7-5-6-8-16(15)27-19(18)21-17(23)9-10-22-11-13(2)26-14(3)12-22/h13-14H,4-12H2,1-3H3,(H,21,23)/t13-,14+. The summed E-state index contributed by atoms with van der Waals surface area (Å²) in [6.45, 7) is 8.65. The molecule has 2 aliphatic rings. The highest BCUT2D eigenvalue weighted by Crippen LogP contribution is 2.38. The van der Waals surface area contributed by atoms with Crippen molar-refractivity contribution in [2.45, 2.75) is 65.1 Å². The first-order valence-corrected chi connectivity index (χ1v) is 10.8. The molecule has 1 saturated heterocycles. The number of carbonyl (C=O) groups excluding carboxylic acids is 2. The maximum absolute atomic E-state index is 12.5. The van der Waals surface area contributed by atoms with Gasteiger partial charge in [-0.1, -0.05) is 0 Å². The van der Waals surface area contributed by atoms with E-state index in [1.54, 1.807) is 18.3 Å². The maximum Gasteiger partial charge on any atom is 0.341 e. The summed E-state index contributed by atoms with van der Waals surface area (Å²) in [4.78, 5) is 28.5. The SMILES string of the molecule is CCOC(=O)c1c(NC(=O)CCN2C[C@@H](C)O[C@@H](C)C2)sc2c1CCCC2. The van der Waals surface area contributed by atoms with E-state index in [9.17, 15) is 9.59 Å². The molecule has 0 radical (unpaired) electrons. The van der Waals surface area contributed by atoms with E-state index < -0.39 is 0 Å². The van der Waals surface area contributed by atoms with Crippen molar-refractivity contribution in [2.75, 3.05) is 31.6 Å². The van der Waals surface area contributed by atoms with Gasteiger partial charge in [-0.05, 0) is 52.0 Å². The van der Waals surface area contributed by atoms with Crippen LogP contribution in [0.5, 0.6) is 0 Å². The van der Waals surface area contributed by atoms with Crippen molar-refractivity contribution in [1.29, 1.82) is 0 Å². The van der Waals surface area contributed by atoms with Crippen LogP contribution in [0.2, 0.25) is 0 Å².